The molecule has 0 aliphatic rings. The van der Waals surface area contributed by atoms with Crippen LogP contribution < -0.4 is 0 Å². The summed E-state index contributed by atoms with van der Waals surface area (Å²) >= 11 is 0. The maximum absolute atomic E-state index is 5.55. The summed E-state index contributed by atoms with van der Waals surface area (Å²) in [6.45, 7) is 4.49. The fourth-order valence-electron chi connectivity index (χ4n) is 1.30. The van der Waals surface area contributed by atoms with Crippen molar-refractivity contribution in [2.75, 3.05) is 26.9 Å². The van der Waals surface area contributed by atoms with Crippen molar-refractivity contribution in [3.63, 3.8) is 0 Å². The van der Waals surface area contributed by atoms with Crippen LogP contribution in [0.2, 0.25) is 0 Å². The lowest BCUT2D eigenvalue weighted by molar-refractivity contribution is -0.0278. The molecule has 3 nitrogen and oxygen atoms in total. The van der Waals surface area contributed by atoms with Crippen molar-refractivity contribution in [2.24, 2.45) is 0 Å². The molecule has 0 radical (unpaired) electrons. The Morgan fingerprint density at radius 2 is 1.88 bits per heavy atom. The molecule has 0 aliphatic carbocycles. The first kappa shape index (κ1) is 13.2. The number of rotatable bonds is 8. The van der Waals surface area contributed by atoms with Gasteiger partial charge in [0, 0.05) is 7.11 Å². The molecule has 0 bridgehead atoms. The van der Waals surface area contributed by atoms with Crippen LogP contribution in [-0.4, -0.2) is 33.0 Å². The number of hydrogen-bond acceptors (Lipinski definition) is 3. The molecule has 0 N–H and O–H groups in total. The van der Waals surface area contributed by atoms with Crippen molar-refractivity contribution in [3.8, 4) is 0 Å². The van der Waals surface area contributed by atoms with Crippen LogP contribution in [-0.2, 0) is 20.8 Å². The highest BCUT2D eigenvalue weighted by molar-refractivity contribution is 5.13. The van der Waals surface area contributed by atoms with E-state index in [1.807, 2.05) is 25.1 Å². The van der Waals surface area contributed by atoms with Crippen LogP contribution in [0.1, 0.15) is 12.5 Å². The van der Waals surface area contributed by atoms with Crippen molar-refractivity contribution in [3.05, 3.63) is 35.9 Å². The zero-order valence-corrected chi connectivity index (χ0v) is 10.0. The Morgan fingerprint density at radius 1 is 1.12 bits per heavy atom. The average Bonchev–Trinajstić information content (AvgIpc) is 2.31. The lowest BCUT2D eigenvalue weighted by Gasteiger charge is -2.13. The molecule has 1 aromatic carbocycles. The Labute approximate surface area is 97.3 Å². The Morgan fingerprint density at radius 3 is 2.56 bits per heavy atom. The number of hydrogen-bond donors (Lipinski definition) is 0. The van der Waals surface area contributed by atoms with E-state index >= 15 is 0 Å². The van der Waals surface area contributed by atoms with Crippen LogP contribution in [0.5, 0.6) is 0 Å². The third-order valence-corrected chi connectivity index (χ3v) is 2.15. The molecular weight excluding hydrogens is 204 g/mol. The van der Waals surface area contributed by atoms with Crippen LogP contribution in [0.4, 0.5) is 0 Å². The van der Waals surface area contributed by atoms with Crippen LogP contribution >= 0.6 is 0 Å². The van der Waals surface area contributed by atoms with Gasteiger partial charge in [0.1, 0.15) is 0 Å². The smallest absolute Gasteiger partial charge is 0.0781 e. The quantitative estimate of drug-likeness (QED) is 0.634. The van der Waals surface area contributed by atoms with Gasteiger partial charge in [0.15, 0.2) is 0 Å². The van der Waals surface area contributed by atoms with E-state index in [4.69, 9.17) is 14.2 Å². The predicted octanol–water partition coefficient (Wildman–Crippen LogP) is 2.25. The van der Waals surface area contributed by atoms with Gasteiger partial charge in [-0.2, -0.15) is 0 Å². The second-order valence-electron chi connectivity index (χ2n) is 3.67. The van der Waals surface area contributed by atoms with Gasteiger partial charge in [-0.3, -0.25) is 0 Å². The predicted molar refractivity (Wildman–Crippen MR) is 63.4 cm³/mol. The molecule has 1 atom stereocenters. The van der Waals surface area contributed by atoms with Crippen molar-refractivity contribution in [2.45, 2.75) is 19.6 Å². The first-order chi connectivity index (χ1) is 7.83. The highest BCUT2D eigenvalue weighted by atomic mass is 16.5. The van der Waals surface area contributed by atoms with Crippen molar-refractivity contribution >= 4 is 0 Å². The van der Waals surface area contributed by atoms with Gasteiger partial charge in [0.25, 0.3) is 0 Å². The molecule has 0 heterocycles. The minimum atomic E-state index is 0.110. The highest BCUT2D eigenvalue weighted by Crippen LogP contribution is 2.01. The summed E-state index contributed by atoms with van der Waals surface area (Å²) in [4.78, 5) is 0. The number of benzene rings is 1. The molecule has 90 valence electrons. The van der Waals surface area contributed by atoms with Gasteiger partial charge in [-0.05, 0) is 12.5 Å². The van der Waals surface area contributed by atoms with Crippen LogP contribution in [0.15, 0.2) is 30.3 Å². The van der Waals surface area contributed by atoms with Gasteiger partial charge in [-0.25, -0.2) is 0 Å². The molecule has 0 aromatic heterocycles. The molecule has 16 heavy (non-hydrogen) atoms. The SMILES string of the molecule is COCCO[C@H](C)COCc1ccccc1. The summed E-state index contributed by atoms with van der Waals surface area (Å²) in [5.41, 5.74) is 1.19. The fraction of sp³-hybridized carbons (Fsp3) is 0.538. The molecule has 0 aliphatic heterocycles. The monoisotopic (exact) mass is 224 g/mol. The van der Waals surface area contributed by atoms with Crippen LogP contribution in [0.3, 0.4) is 0 Å². The normalized spacial score (nSPS) is 12.6. The highest BCUT2D eigenvalue weighted by Gasteiger charge is 2.01. The van der Waals surface area contributed by atoms with E-state index in [-0.39, 0.29) is 6.10 Å². The Bertz CT molecular complexity index is 261. The van der Waals surface area contributed by atoms with Crippen molar-refractivity contribution in [1.82, 2.24) is 0 Å². The molecule has 3 heteroatoms. The first-order valence-electron chi connectivity index (χ1n) is 5.55. The van der Waals surface area contributed by atoms with Crippen LogP contribution in [0.25, 0.3) is 0 Å². The van der Waals surface area contributed by atoms with Gasteiger partial charge in [-0.1, -0.05) is 30.3 Å². The number of ether oxygens (including phenoxy) is 3. The zero-order valence-electron chi connectivity index (χ0n) is 10.0. The summed E-state index contributed by atoms with van der Waals surface area (Å²) in [7, 11) is 1.67. The second-order valence-corrected chi connectivity index (χ2v) is 3.67. The van der Waals surface area contributed by atoms with Crippen LogP contribution in [0, 0.1) is 0 Å². The van der Waals surface area contributed by atoms with E-state index < -0.39 is 0 Å². The molecule has 0 saturated carbocycles. The first-order valence-corrected chi connectivity index (χ1v) is 5.55. The van der Waals surface area contributed by atoms with Gasteiger partial charge in [-0.15, -0.1) is 0 Å². The summed E-state index contributed by atoms with van der Waals surface area (Å²) in [6.07, 6.45) is 0.110. The standard InChI is InChI=1S/C13H20O3/c1-12(16-9-8-14-2)10-15-11-13-6-4-3-5-7-13/h3-7,12H,8-11H2,1-2H3/t12-/m1/s1. The lowest BCUT2D eigenvalue weighted by Crippen LogP contribution is -2.18. The summed E-state index contributed by atoms with van der Waals surface area (Å²) in [6, 6.07) is 10.1. The minimum absolute atomic E-state index is 0.110. The van der Waals surface area contributed by atoms with Gasteiger partial charge < -0.3 is 14.2 Å². The van der Waals surface area contributed by atoms with E-state index in [1.165, 1.54) is 5.56 Å². The van der Waals surface area contributed by atoms with Gasteiger partial charge in [0.05, 0.1) is 32.5 Å². The van der Waals surface area contributed by atoms with Crippen molar-refractivity contribution in [1.29, 1.82) is 0 Å². The van der Waals surface area contributed by atoms with E-state index in [2.05, 4.69) is 12.1 Å². The topological polar surface area (TPSA) is 27.7 Å². The second kappa shape index (κ2) is 8.28. The molecular formula is C13H20O3. The third-order valence-electron chi connectivity index (χ3n) is 2.15. The molecule has 0 amide bonds. The molecule has 1 aromatic rings. The van der Waals surface area contributed by atoms with E-state index in [0.29, 0.717) is 26.4 Å². The summed E-state index contributed by atoms with van der Waals surface area (Å²) in [5.74, 6) is 0. The Hall–Kier alpha value is -0.900. The fourth-order valence-corrected chi connectivity index (χ4v) is 1.30. The van der Waals surface area contributed by atoms with Crippen molar-refractivity contribution < 1.29 is 14.2 Å². The zero-order chi connectivity index (χ0) is 11.6. The third kappa shape index (κ3) is 5.85. The Balaban J connectivity index is 2.06. The minimum Gasteiger partial charge on any atom is -0.382 e. The maximum Gasteiger partial charge on any atom is 0.0781 e. The lowest BCUT2D eigenvalue weighted by atomic mass is 10.2. The van der Waals surface area contributed by atoms with E-state index in [0.717, 1.165) is 0 Å². The average molecular weight is 224 g/mol. The molecule has 0 saturated heterocycles. The Kier molecular flexibility index (Phi) is 6.81. The molecule has 1 rings (SSSR count). The molecule has 0 unspecified atom stereocenters. The number of methoxy groups -OCH3 is 1. The van der Waals surface area contributed by atoms with Gasteiger partial charge in [0.2, 0.25) is 0 Å². The summed E-state index contributed by atoms with van der Waals surface area (Å²) in [5, 5.41) is 0. The van der Waals surface area contributed by atoms with E-state index in [1.54, 1.807) is 7.11 Å². The molecule has 0 spiro atoms. The largest absolute Gasteiger partial charge is 0.382 e. The van der Waals surface area contributed by atoms with E-state index in [9.17, 15) is 0 Å². The molecule has 0 fully saturated rings. The maximum atomic E-state index is 5.55. The summed E-state index contributed by atoms with van der Waals surface area (Å²) < 4.78 is 15.9. The van der Waals surface area contributed by atoms with Gasteiger partial charge >= 0.3 is 0 Å².